The smallest absolute Gasteiger partial charge is 0.191 e. The molecule has 1 N–H and O–H groups in total. The van der Waals surface area contributed by atoms with Gasteiger partial charge in [0.15, 0.2) is 11.7 Å². The van der Waals surface area contributed by atoms with Gasteiger partial charge in [-0.3, -0.25) is 4.79 Å². The Morgan fingerprint density at radius 3 is 2.59 bits per heavy atom. The molecular formula is C14H19NO2. The van der Waals surface area contributed by atoms with Gasteiger partial charge in [-0.15, -0.1) is 0 Å². The van der Waals surface area contributed by atoms with E-state index in [1.54, 1.807) is 12.1 Å². The summed E-state index contributed by atoms with van der Waals surface area (Å²) in [6.07, 6.45) is 2.50. The molecule has 0 amide bonds. The number of rotatable bonds is 7. The Labute approximate surface area is 102 Å². The van der Waals surface area contributed by atoms with Crippen LogP contribution in [-0.2, 0) is 4.74 Å². The molecule has 1 aromatic rings. The van der Waals surface area contributed by atoms with E-state index in [4.69, 9.17) is 4.74 Å². The van der Waals surface area contributed by atoms with Crippen molar-refractivity contribution in [2.24, 2.45) is 0 Å². The van der Waals surface area contributed by atoms with Crippen LogP contribution in [0.25, 0.3) is 0 Å². The third kappa shape index (κ3) is 4.72. The highest BCUT2D eigenvalue weighted by Crippen LogP contribution is 2.03. The predicted octanol–water partition coefficient (Wildman–Crippen LogP) is 2.75. The molecule has 0 unspecified atom stereocenters. The van der Waals surface area contributed by atoms with Crippen LogP contribution in [0, 0.1) is 0 Å². The van der Waals surface area contributed by atoms with Gasteiger partial charge in [-0.05, 0) is 13.3 Å². The summed E-state index contributed by atoms with van der Waals surface area (Å²) in [6.45, 7) is 5.31. The summed E-state index contributed by atoms with van der Waals surface area (Å²) in [5.74, 6) is 0.501. The molecule has 0 aliphatic rings. The average molecular weight is 233 g/mol. The van der Waals surface area contributed by atoms with E-state index in [0.29, 0.717) is 18.1 Å². The van der Waals surface area contributed by atoms with Gasteiger partial charge in [0.1, 0.15) is 0 Å². The Hall–Kier alpha value is -1.77. The van der Waals surface area contributed by atoms with Gasteiger partial charge in [0, 0.05) is 18.2 Å². The van der Waals surface area contributed by atoms with E-state index < -0.39 is 0 Å². The second-order valence-corrected chi connectivity index (χ2v) is 3.60. The van der Waals surface area contributed by atoms with Gasteiger partial charge in [0.05, 0.1) is 6.61 Å². The molecule has 1 aromatic carbocycles. The number of nitrogens with one attached hydrogen (secondary N) is 1. The second kappa shape index (κ2) is 7.49. The van der Waals surface area contributed by atoms with Gasteiger partial charge in [0.2, 0.25) is 0 Å². The molecule has 0 saturated carbocycles. The molecule has 0 aromatic heterocycles. The standard InChI is InChI=1S/C14H19NO2/c1-3-10-15-14(17-4-2)11-13(16)12-8-6-5-7-9-12/h5-9,11,15H,3-4,10H2,1-2H3/b14-11+. The zero-order valence-electron chi connectivity index (χ0n) is 10.4. The Morgan fingerprint density at radius 1 is 1.29 bits per heavy atom. The molecule has 0 spiro atoms. The van der Waals surface area contributed by atoms with Crippen molar-refractivity contribution in [3.63, 3.8) is 0 Å². The van der Waals surface area contributed by atoms with Crippen LogP contribution >= 0.6 is 0 Å². The summed E-state index contributed by atoms with van der Waals surface area (Å²) in [6, 6.07) is 9.17. The van der Waals surface area contributed by atoms with Crippen molar-refractivity contribution in [3.05, 3.63) is 47.9 Å². The van der Waals surface area contributed by atoms with E-state index in [9.17, 15) is 4.79 Å². The maximum absolute atomic E-state index is 11.9. The molecule has 92 valence electrons. The SMILES string of the molecule is CCCN/C(=C\C(=O)c1ccccc1)OCC. The predicted molar refractivity (Wildman–Crippen MR) is 68.8 cm³/mol. The molecule has 0 saturated heterocycles. The average Bonchev–Trinajstić information content (AvgIpc) is 2.37. The Bertz CT molecular complexity index is 371. The van der Waals surface area contributed by atoms with Crippen LogP contribution in [0.3, 0.4) is 0 Å². The molecule has 17 heavy (non-hydrogen) atoms. The Kier molecular flexibility index (Phi) is 5.86. The zero-order valence-corrected chi connectivity index (χ0v) is 10.4. The van der Waals surface area contributed by atoms with Crippen LogP contribution in [0.2, 0.25) is 0 Å². The van der Waals surface area contributed by atoms with Crippen LogP contribution in [0.4, 0.5) is 0 Å². The maximum atomic E-state index is 11.9. The lowest BCUT2D eigenvalue weighted by Crippen LogP contribution is -2.18. The molecule has 0 heterocycles. The van der Waals surface area contributed by atoms with E-state index in [-0.39, 0.29) is 5.78 Å². The van der Waals surface area contributed by atoms with Gasteiger partial charge in [-0.2, -0.15) is 0 Å². The first-order valence-electron chi connectivity index (χ1n) is 5.95. The van der Waals surface area contributed by atoms with E-state index in [1.807, 2.05) is 25.1 Å². The van der Waals surface area contributed by atoms with E-state index in [1.165, 1.54) is 6.08 Å². The highest BCUT2D eigenvalue weighted by atomic mass is 16.5. The van der Waals surface area contributed by atoms with Crippen molar-refractivity contribution in [2.45, 2.75) is 20.3 Å². The lowest BCUT2D eigenvalue weighted by molar-refractivity contribution is 0.103. The maximum Gasteiger partial charge on any atom is 0.191 e. The summed E-state index contributed by atoms with van der Waals surface area (Å²) in [4.78, 5) is 11.9. The number of ether oxygens (including phenoxy) is 1. The minimum Gasteiger partial charge on any atom is -0.479 e. The van der Waals surface area contributed by atoms with E-state index in [2.05, 4.69) is 12.2 Å². The molecule has 1 rings (SSSR count). The molecule has 3 nitrogen and oxygen atoms in total. The van der Waals surface area contributed by atoms with Crippen molar-refractivity contribution >= 4 is 5.78 Å². The number of carbonyl (C=O) groups is 1. The minimum absolute atomic E-state index is 0.0438. The van der Waals surface area contributed by atoms with Crippen LogP contribution in [0.1, 0.15) is 30.6 Å². The van der Waals surface area contributed by atoms with E-state index in [0.717, 1.165) is 13.0 Å². The number of hydrogen-bond donors (Lipinski definition) is 1. The van der Waals surface area contributed by atoms with Crippen molar-refractivity contribution in [1.82, 2.24) is 5.32 Å². The number of ketones is 1. The molecule has 3 heteroatoms. The lowest BCUT2D eigenvalue weighted by Gasteiger charge is -2.10. The van der Waals surface area contributed by atoms with Gasteiger partial charge in [-0.1, -0.05) is 37.3 Å². The lowest BCUT2D eigenvalue weighted by atomic mass is 10.1. The molecule has 0 radical (unpaired) electrons. The summed E-state index contributed by atoms with van der Waals surface area (Å²) in [5.41, 5.74) is 0.669. The topological polar surface area (TPSA) is 38.3 Å². The minimum atomic E-state index is -0.0438. The van der Waals surface area contributed by atoms with Crippen LogP contribution < -0.4 is 5.32 Å². The van der Waals surface area contributed by atoms with Crippen molar-refractivity contribution in [3.8, 4) is 0 Å². The highest BCUT2D eigenvalue weighted by Gasteiger charge is 2.04. The fourth-order valence-electron chi connectivity index (χ4n) is 1.35. The van der Waals surface area contributed by atoms with Gasteiger partial charge in [-0.25, -0.2) is 0 Å². The molecule has 0 aliphatic carbocycles. The molecule has 0 atom stereocenters. The van der Waals surface area contributed by atoms with Gasteiger partial charge in [0.25, 0.3) is 0 Å². The molecule has 0 bridgehead atoms. The third-order valence-corrected chi connectivity index (χ3v) is 2.17. The summed E-state index contributed by atoms with van der Waals surface area (Å²) < 4.78 is 5.37. The van der Waals surface area contributed by atoms with Gasteiger partial charge >= 0.3 is 0 Å². The van der Waals surface area contributed by atoms with Crippen molar-refractivity contribution in [2.75, 3.05) is 13.2 Å². The number of carbonyl (C=O) groups excluding carboxylic acids is 1. The molecular weight excluding hydrogens is 214 g/mol. The quantitative estimate of drug-likeness (QED) is 0.447. The van der Waals surface area contributed by atoms with E-state index >= 15 is 0 Å². The summed E-state index contributed by atoms with van der Waals surface area (Å²) in [5, 5.41) is 3.09. The fraction of sp³-hybridized carbons (Fsp3) is 0.357. The number of allylic oxidation sites excluding steroid dienone is 1. The fourth-order valence-corrected chi connectivity index (χ4v) is 1.35. The Morgan fingerprint density at radius 2 is 2.00 bits per heavy atom. The zero-order chi connectivity index (χ0) is 12.5. The van der Waals surface area contributed by atoms with Gasteiger partial charge < -0.3 is 10.1 Å². The summed E-state index contributed by atoms with van der Waals surface area (Å²) in [7, 11) is 0. The molecule has 0 aliphatic heterocycles. The second-order valence-electron chi connectivity index (χ2n) is 3.60. The first kappa shape index (κ1) is 13.3. The first-order valence-corrected chi connectivity index (χ1v) is 5.95. The Balaban J connectivity index is 2.72. The number of hydrogen-bond acceptors (Lipinski definition) is 3. The van der Waals surface area contributed by atoms with Crippen LogP contribution in [-0.4, -0.2) is 18.9 Å². The largest absolute Gasteiger partial charge is 0.479 e. The highest BCUT2D eigenvalue weighted by molar-refractivity contribution is 6.04. The third-order valence-electron chi connectivity index (χ3n) is 2.17. The number of benzene rings is 1. The van der Waals surface area contributed by atoms with Crippen LogP contribution in [0.15, 0.2) is 42.3 Å². The van der Waals surface area contributed by atoms with Crippen LogP contribution in [0.5, 0.6) is 0 Å². The monoisotopic (exact) mass is 233 g/mol. The molecule has 0 fully saturated rings. The normalized spacial score (nSPS) is 11.1. The van der Waals surface area contributed by atoms with Crippen molar-refractivity contribution < 1.29 is 9.53 Å². The first-order chi connectivity index (χ1) is 8.27. The summed E-state index contributed by atoms with van der Waals surface area (Å²) >= 11 is 0. The van der Waals surface area contributed by atoms with Crippen molar-refractivity contribution in [1.29, 1.82) is 0 Å².